The summed E-state index contributed by atoms with van der Waals surface area (Å²) in [7, 11) is -4.80. The molecule has 35 heavy (non-hydrogen) atoms. The number of phosphoric acid groups is 1. The number of aromatic nitrogens is 4. The van der Waals surface area contributed by atoms with E-state index in [0.29, 0.717) is 12.3 Å². The van der Waals surface area contributed by atoms with Crippen LogP contribution in [0.1, 0.15) is 56.0 Å². The first kappa shape index (κ1) is 27.4. The van der Waals surface area contributed by atoms with E-state index in [-0.39, 0.29) is 27.0 Å². The molecule has 1 atom stereocenters. The summed E-state index contributed by atoms with van der Waals surface area (Å²) in [6.07, 6.45) is -0.179. The van der Waals surface area contributed by atoms with E-state index in [4.69, 9.17) is 20.0 Å². The highest BCUT2D eigenvalue weighted by Gasteiger charge is 2.36. The Hall–Kier alpha value is -2.22. The molecule has 2 heterocycles. The molecule has 0 radical (unpaired) electrons. The van der Waals surface area contributed by atoms with Gasteiger partial charge in [0.15, 0.2) is 0 Å². The van der Waals surface area contributed by atoms with Crippen LogP contribution in [0, 0.1) is 0 Å². The van der Waals surface area contributed by atoms with Crippen molar-refractivity contribution in [2.75, 3.05) is 6.61 Å². The Bertz CT molecular complexity index is 1190. The maximum atomic E-state index is 13.9. The second kappa shape index (κ2) is 10.8. The highest BCUT2D eigenvalue weighted by atomic mass is 32.1. The molecule has 3 rings (SSSR count). The Kier molecular flexibility index (Phi) is 8.45. The smallest absolute Gasteiger partial charge is 0.339 e. The van der Waals surface area contributed by atoms with Crippen molar-refractivity contribution in [1.82, 2.24) is 20.3 Å². The molecule has 0 aliphatic carbocycles. The lowest BCUT2D eigenvalue weighted by Gasteiger charge is -2.21. The Balaban J connectivity index is 1.87. The van der Waals surface area contributed by atoms with Crippen LogP contribution < -0.4 is 5.73 Å². The number of nitrogens with zero attached hydrogens (tertiary/aromatic N) is 4. The minimum atomic E-state index is -4.80. The minimum absolute atomic E-state index is 0.0454. The average Bonchev–Trinajstić information content (AvgIpc) is 3.44. The lowest BCUT2D eigenvalue weighted by Crippen LogP contribution is -2.37. The first-order valence-electron chi connectivity index (χ1n) is 10.7. The number of nitrogens with two attached hydrogens (primary N) is 1. The van der Waals surface area contributed by atoms with Gasteiger partial charge in [0.25, 0.3) is 0 Å². The summed E-state index contributed by atoms with van der Waals surface area (Å²) >= 11 is 0.763. The van der Waals surface area contributed by atoms with Crippen LogP contribution in [0.4, 0.5) is 13.2 Å². The molecule has 10 nitrogen and oxygen atoms in total. The molecular formula is C20H25F3N5O5PS. The Labute approximate surface area is 203 Å². The second-order valence-electron chi connectivity index (χ2n) is 8.17. The van der Waals surface area contributed by atoms with Crippen LogP contribution in [0.3, 0.4) is 0 Å². The number of unbranched alkanes of at least 4 members (excludes halogenated alkanes) is 3. The van der Waals surface area contributed by atoms with Crippen LogP contribution in [0.15, 0.2) is 22.7 Å². The number of alkyl halides is 3. The molecule has 2 aromatic heterocycles. The maximum absolute atomic E-state index is 13.9. The van der Waals surface area contributed by atoms with Gasteiger partial charge in [-0.1, -0.05) is 54.8 Å². The Morgan fingerprint density at radius 1 is 1.20 bits per heavy atom. The van der Waals surface area contributed by atoms with Gasteiger partial charge in [-0.3, -0.25) is 4.52 Å². The van der Waals surface area contributed by atoms with Crippen molar-refractivity contribution in [1.29, 1.82) is 0 Å². The molecule has 0 fully saturated rings. The molecule has 0 bridgehead atoms. The quantitative estimate of drug-likeness (QED) is 0.233. The van der Waals surface area contributed by atoms with Crippen molar-refractivity contribution in [3.05, 3.63) is 34.7 Å². The summed E-state index contributed by atoms with van der Waals surface area (Å²) in [5.74, 6) is 0.414. The lowest BCUT2D eigenvalue weighted by atomic mass is 10.0. The van der Waals surface area contributed by atoms with Gasteiger partial charge < -0.3 is 20.0 Å². The van der Waals surface area contributed by atoms with Gasteiger partial charge in [-0.15, -0.1) is 10.2 Å². The van der Waals surface area contributed by atoms with Gasteiger partial charge >= 0.3 is 14.0 Å². The molecule has 1 aromatic carbocycles. The van der Waals surface area contributed by atoms with Crippen molar-refractivity contribution in [3.8, 4) is 22.0 Å². The molecule has 15 heteroatoms. The third-order valence-electron chi connectivity index (χ3n) is 4.97. The number of hydrogen-bond acceptors (Lipinski definition) is 9. The monoisotopic (exact) mass is 535 g/mol. The number of benzene rings is 1. The zero-order chi connectivity index (χ0) is 25.9. The molecule has 0 saturated heterocycles. The first-order valence-corrected chi connectivity index (χ1v) is 13.0. The fourth-order valence-corrected chi connectivity index (χ4v) is 4.49. The topological polar surface area (TPSA) is 157 Å². The van der Waals surface area contributed by atoms with Gasteiger partial charge in [-0.2, -0.15) is 18.2 Å². The van der Waals surface area contributed by atoms with Crippen LogP contribution >= 0.6 is 19.2 Å². The highest BCUT2D eigenvalue weighted by molar-refractivity contribution is 7.46. The summed E-state index contributed by atoms with van der Waals surface area (Å²) < 4.78 is 62.4. The van der Waals surface area contributed by atoms with Crippen LogP contribution in [0.25, 0.3) is 22.0 Å². The van der Waals surface area contributed by atoms with Crippen molar-refractivity contribution in [3.63, 3.8) is 0 Å². The lowest BCUT2D eigenvalue weighted by molar-refractivity contribution is -0.137. The van der Waals surface area contributed by atoms with Gasteiger partial charge in [-0.25, -0.2) is 4.57 Å². The Morgan fingerprint density at radius 2 is 1.94 bits per heavy atom. The van der Waals surface area contributed by atoms with Crippen molar-refractivity contribution in [2.45, 2.75) is 57.7 Å². The predicted molar refractivity (Wildman–Crippen MR) is 121 cm³/mol. The molecule has 0 aliphatic heterocycles. The van der Waals surface area contributed by atoms with Gasteiger partial charge in [0, 0.05) is 17.5 Å². The van der Waals surface area contributed by atoms with Gasteiger partial charge in [0.2, 0.25) is 11.7 Å². The molecule has 192 valence electrons. The highest BCUT2D eigenvalue weighted by Crippen LogP contribution is 2.42. The van der Waals surface area contributed by atoms with E-state index in [1.807, 2.05) is 0 Å². The van der Waals surface area contributed by atoms with E-state index < -0.39 is 31.7 Å². The largest absolute Gasteiger partial charge is 0.469 e. The van der Waals surface area contributed by atoms with Crippen molar-refractivity contribution >= 4 is 19.2 Å². The first-order chi connectivity index (χ1) is 16.3. The number of rotatable bonds is 11. The number of hydrogen-bond donors (Lipinski definition) is 3. The maximum Gasteiger partial charge on any atom is 0.469 e. The zero-order valence-corrected chi connectivity index (χ0v) is 20.7. The van der Waals surface area contributed by atoms with E-state index in [2.05, 4.69) is 31.8 Å². The SMILES string of the molecule is CCCCCCc1nc(-c2ccc(-c3nnc([C@@](C)(N)COP(=O)(O)O)s3)c(C(F)(F)F)c2)no1. The molecule has 3 aromatic rings. The van der Waals surface area contributed by atoms with E-state index >= 15 is 0 Å². The fraction of sp³-hybridized carbons (Fsp3) is 0.500. The number of aryl methyl sites for hydroxylation is 1. The van der Waals surface area contributed by atoms with Gasteiger partial charge in [-0.05, 0) is 19.4 Å². The minimum Gasteiger partial charge on any atom is -0.339 e. The standard InChI is InChI=1S/C20H25F3N5O5PS/c1-3-4-5-6-7-15-25-16(28-33-15)12-8-9-13(14(10-12)20(21,22)23)17-26-27-18(35-17)19(2,24)11-32-34(29,30)31/h8-10H,3-7,11,24H2,1-2H3,(H2,29,30,31)/t19-/m0/s1. The fourth-order valence-electron chi connectivity index (χ4n) is 3.12. The second-order valence-corrected chi connectivity index (χ2v) is 10.4. The van der Waals surface area contributed by atoms with Crippen LogP contribution in [0.2, 0.25) is 0 Å². The van der Waals surface area contributed by atoms with Crippen molar-refractivity contribution in [2.24, 2.45) is 5.73 Å². The zero-order valence-electron chi connectivity index (χ0n) is 18.9. The summed E-state index contributed by atoms with van der Waals surface area (Å²) in [4.78, 5) is 22.0. The normalized spacial score (nSPS) is 14.3. The molecular weight excluding hydrogens is 510 g/mol. The van der Waals surface area contributed by atoms with E-state index in [0.717, 1.165) is 43.1 Å². The Morgan fingerprint density at radius 3 is 2.60 bits per heavy atom. The molecule has 0 amide bonds. The van der Waals surface area contributed by atoms with Crippen LogP contribution in [0.5, 0.6) is 0 Å². The third kappa shape index (κ3) is 7.38. The van der Waals surface area contributed by atoms with E-state index in [9.17, 15) is 17.7 Å². The van der Waals surface area contributed by atoms with E-state index in [1.54, 1.807) is 0 Å². The number of phosphoric ester groups is 1. The van der Waals surface area contributed by atoms with Gasteiger partial charge in [0.05, 0.1) is 17.7 Å². The van der Waals surface area contributed by atoms with Gasteiger partial charge in [0.1, 0.15) is 10.0 Å². The third-order valence-corrected chi connectivity index (χ3v) is 6.67. The van der Waals surface area contributed by atoms with Crippen molar-refractivity contribution < 1.29 is 36.6 Å². The summed E-state index contributed by atoms with van der Waals surface area (Å²) in [5.41, 5.74) is 3.43. The van der Waals surface area contributed by atoms with E-state index in [1.165, 1.54) is 19.1 Å². The molecule has 0 aliphatic rings. The summed E-state index contributed by atoms with van der Waals surface area (Å²) in [6.45, 7) is 2.84. The average molecular weight is 535 g/mol. The van der Waals surface area contributed by atoms with Crippen LogP contribution in [-0.2, 0) is 27.2 Å². The molecule has 0 saturated carbocycles. The predicted octanol–water partition coefficient (Wildman–Crippen LogP) is 4.68. The molecule has 4 N–H and O–H groups in total. The molecule has 0 unspecified atom stereocenters. The summed E-state index contributed by atoms with van der Waals surface area (Å²) in [6, 6.07) is 3.58. The summed E-state index contributed by atoms with van der Waals surface area (Å²) in [5, 5.41) is 11.4. The molecule has 0 spiro atoms. The number of halogens is 3. The van der Waals surface area contributed by atoms with Crippen LogP contribution in [-0.4, -0.2) is 36.7 Å².